The molecule has 0 saturated carbocycles. The predicted octanol–water partition coefficient (Wildman–Crippen LogP) is 3.80. The Hall–Kier alpha value is -2.38. The highest BCUT2D eigenvalue weighted by Crippen LogP contribution is 2.26. The first-order chi connectivity index (χ1) is 12.7. The van der Waals surface area contributed by atoms with Crippen LogP contribution in [0.15, 0.2) is 47.4 Å². The van der Waals surface area contributed by atoms with Gasteiger partial charge in [0.15, 0.2) is 9.84 Å². The number of benzene rings is 2. The molecule has 0 atom stereocenters. The number of sulfone groups is 1. The zero-order chi connectivity index (χ0) is 20.0. The summed E-state index contributed by atoms with van der Waals surface area (Å²) in [7, 11) is -3.55. The second-order valence-electron chi connectivity index (χ2n) is 6.03. The number of carbonyl (C=O) groups excluding carboxylic acids is 2. The van der Waals surface area contributed by atoms with E-state index < -0.39 is 15.7 Å². The minimum absolute atomic E-state index is 0.168. The van der Waals surface area contributed by atoms with Gasteiger partial charge in [-0.2, -0.15) is 0 Å². The molecule has 27 heavy (non-hydrogen) atoms. The van der Waals surface area contributed by atoms with Gasteiger partial charge in [-0.05, 0) is 37.3 Å². The number of nitrogens with one attached hydrogen (secondary N) is 2. The van der Waals surface area contributed by atoms with Gasteiger partial charge in [-0.3, -0.25) is 9.59 Å². The highest BCUT2D eigenvalue weighted by atomic mass is 35.5. The molecule has 0 aliphatic carbocycles. The summed E-state index contributed by atoms with van der Waals surface area (Å²) in [5.74, 6) is -0.962. The zero-order valence-electron chi connectivity index (χ0n) is 15.1. The minimum Gasteiger partial charge on any atom is -0.326 e. The maximum absolute atomic E-state index is 12.3. The molecule has 144 valence electrons. The first-order valence-electron chi connectivity index (χ1n) is 8.40. The van der Waals surface area contributed by atoms with Crippen molar-refractivity contribution >= 4 is 44.6 Å². The van der Waals surface area contributed by atoms with Crippen LogP contribution in [0.3, 0.4) is 0 Å². The molecule has 0 aliphatic rings. The predicted molar refractivity (Wildman–Crippen MR) is 107 cm³/mol. The van der Waals surface area contributed by atoms with Gasteiger partial charge in [-0.25, -0.2) is 8.42 Å². The maximum atomic E-state index is 12.3. The first-order valence-corrected chi connectivity index (χ1v) is 10.4. The van der Waals surface area contributed by atoms with Crippen LogP contribution >= 0.6 is 11.6 Å². The zero-order valence-corrected chi connectivity index (χ0v) is 16.7. The molecule has 2 aromatic rings. The molecular weight excluding hydrogens is 388 g/mol. The molecule has 0 bridgehead atoms. The van der Waals surface area contributed by atoms with Crippen LogP contribution in [-0.2, 0) is 19.4 Å². The number of aryl methyl sites for hydroxylation is 1. The van der Waals surface area contributed by atoms with Crippen LogP contribution in [0, 0.1) is 6.92 Å². The van der Waals surface area contributed by atoms with Gasteiger partial charge in [0.2, 0.25) is 11.8 Å². The van der Waals surface area contributed by atoms with E-state index in [-0.39, 0.29) is 23.0 Å². The second-order valence-corrected chi connectivity index (χ2v) is 8.54. The van der Waals surface area contributed by atoms with E-state index in [1.54, 1.807) is 31.2 Å². The Labute approximate surface area is 163 Å². The molecule has 0 fully saturated rings. The highest BCUT2D eigenvalue weighted by molar-refractivity contribution is 7.91. The quantitative estimate of drug-likeness (QED) is 0.728. The van der Waals surface area contributed by atoms with Crippen molar-refractivity contribution in [3.63, 3.8) is 0 Å². The van der Waals surface area contributed by atoms with Crippen molar-refractivity contribution in [1.29, 1.82) is 0 Å². The fourth-order valence-corrected chi connectivity index (χ4v) is 3.66. The molecule has 2 N–H and O–H groups in total. The third-order valence-electron chi connectivity index (χ3n) is 3.82. The molecule has 6 nitrogen and oxygen atoms in total. The summed E-state index contributed by atoms with van der Waals surface area (Å²) in [5.41, 5.74) is 1.76. The van der Waals surface area contributed by atoms with E-state index in [9.17, 15) is 18.0 Å². The normalized spacial score (nSPS) is 11.1. The molecule has 0 heterocycles. The molecule has 0 aliphatic heterocycles. The lowest BCUT2D eigenvalue weighted by atomic mass is 10.2. The molecule has 0 saturated heterocycles. The van der Waals surface area contributed by atoms with Crippen molar-refractivity contribution in [2.45, 2.75) is 31.6 Å². The second kappa shape index (κ2) is 9.01. The number of hydrogen-bond donors (Lipinski definition) is 2. The lowest BCUT2D eigenvalue weighted by molar-refractivity contribution is -0.116. The molecule has 2 rings (SSSR count). The van der Waals surface area contributed by atoms with E-state index in [1.807, 2.05) is 6.92 Å². The van der Waals surface area contributed by atoms with Crippen molar-refractivity contribution < 1.29 is 18.0 Å². The van der Waals surface area contributed by atoms with Crippen molar-refractivity contribution in [2.24, 2.45) is 0 Å². The fourth-order valence-electron chi connectivity index (χ4n) is 2.25. The van der Waals surface area contributed by atoms with E-state index in [0.29, 0.717) is 22.8 Å². The summed E-state index contributed by atoms with van der Waals surface area (Å²) in [6.07, 6.45) is 0.110. The van der Waals surface area contributed by atoms with Crippen molar-refractivity contribution in [1.82, 2.24) is 0 Å². The van der Waals surface area contributed by atoms with Crippen LogP contribution < -0.4 is 10.6 Å². The largest absolute Gasteiger partial charge is 0.326 e. The lowest BCUT2D eigenvalue weighted by Crippen LogP contribution is -2.18. The Morgan fingerprint density at radius 2 is 1.67 bits per heavy atom. The summed E-state index contributed by atoms with van der Waals surface area (Å²) in [6, 6.07) is 11.2. The smallest absolute Gasteiger partial charge is 0.225 e. The van der Waals surface area contributed by atoms with Crippen LogP contribution in [0.2, 0.25) is 5.02 Å². The van der Waals surface area contributed by atoms with Crippen molar-refractivity contribution in [3.05, 3.63) is 53.1 Å². The fraction of sp³-hybridized carbons (Fsp3) is 0.263. The summed E-state index contributed by atoms with van der Waals surface area (Å²) in [5, 5.41) is 5.55. The van der Waals surface area contributed by atoms with E-state index >= 15 is 0 Å². The highest BCUT2D eigenvalue weighted by Gasteiger charge is 2.17. The number of carbonyl (C=O) groups is 2. The Kier molecular flexibility index (Phi) is 6.98. The van der Waals surface area contributed by atoms with Gasteiger partial charge < -0.3 is 10.6 Å². The van der Waals surface area contributed by atoms with Gasteiger partial charge in [-0.1, -0.05) is 36.2 Å². The van der Waals surface area contributed by atoms with Crippen molar-refractivity contribution in [2.75, 3.05) is 16.4 Å². The SMILES string of the molecule is CCC(=O)Nc1ccc(Cl)c(NC(=O)CCS(=O)(=O)c2ccc(C)cc2)c1. The molecule has 0 spiro atoms. The third-order valence-corrected chi connectivity index (χ3v) is 5.88. The molecule has 0 aromatic heterocycles. The topological polar surface area (TPSA) is 92.3 Å². The molecule has 0 radical (unpaired) electrons. The third kappa shape index (κ3) is 6.08. The first kappa shape index (κ1) is 20.9. The van der Waals surface area contributed by atoms with Gasteiger partial charge in [0.1, 0.15) is 0 Å². The van der Waals surface area contributed by atoms with Crippen LogP contribution in [0.4, 0.5) is 11.4 Å². The number of amides is 2. The Bertz CT molecular complexity index is 941. The van der Waals surface area contributed by atoms with Crippen LogP contribution in [0.1, 0.15) is 25.3 Å². The van der Waals surface area contributed by atoms with Crippen LogP contribution in [0.5, 0.6) is 0 Å². The molecule has 2 amide bonds. The van der Waals surface area contributed by atoms with Crippen molar-refractivity contribution in [3.8, 4) is 0 Å². The lowest BCUT2D eigenvalue weighted by Gasteiger charge is -2.11. The molecule has 0 unspecified atom stereocenters. The number of rotatable bonds is 7. The molecule has 2 aromatic carbocycles. The van der Waals surface area contributed by atoms with Crippen LogP contribution in [-0.4, -0.2) is 26.0 Å². The van der Waals surface area contributed by atoms with E-state index in [0.717, 1.165) is 5.56 Å². The van der Waals surface area contributed by atoms with E-state index in [4.69, 9.17) is 11.6 Å². The summed E-state index contributed by atoms with van der Waals surface area (Å²) < 4.78 is 24.6. The maximum Gasteiger partial charge on any atom is 0.225 e. The van der Waals surface area contributed by atoms with E-state index in [2.05, 4.69) is 10.6 Å². The van der Waals surface area contributed by atoms with Crippen LogP contribution in [0.25, 0.3) is 0 Å². The summed E-state index contributed by atoms with van der Waals surface area (Å²) in [4.78, 5) is 23.8. The number of anilines is 2. The summed E-state index contributed by atoms with van der Waals surface area (Å²) >= 11 is 6.07. The minimum atomic E-state index is -3.55. The van der Waals surface area contributed by atoms with Gasteiger partial charge in [0, 0.05) is 18.5 Å². The Balaban J connectivity index is 2.02. The molecular formula is C19H21ClN2O4S. The number of hydrogen-bond acceptors (Lipinski definition) is 4. The average Bonchev–Trinajstić information content (AvgIpc) is 2.63. The van der Waals surface area contributed by atoms with Gasteiger partial charge in [-0.15, -0.1) is 0 Å². The summed E-state index contributed by atoms with van der Waals surface area (Å²) in [6.45, 7) is 3.59. The van der Waals surface area contributed by atoms with Gasteiger partial charge in [0.25, 0.3) is 0 Å². The van der Waals surface area contributed by atoms with E-state index in [1.165, 1.54) is 18.2 Å². The monoisotopic (exact) mass is 408 g/mol. The standard InChI is InChI=1S/C19H21ClN2O4S/c1-3-18(23)21-14-6-9-16(20)17(12-14)22-19(24)10-11-27(25,26)15-7-4-13(2)5-8-15/h4-9,12H,3,10-11H2,1-2H3,(H,21,23)(H,22,24). The average molecular weight is 409 g/mol. The van der Waals surface area contributed by atoms with Gasteiger partial charge >= 0.3 is 0 Å². The number of halogens is 1. The van der Waals surface area contributed by atoms with Gasteiger partial charge in [0.05, 0.1) is 21.4 Å². The Morgan fingerprint density at radius 3 is 2.30 bits per heavy atom. The molecule has 8 heteroatoms. The Morgan fingerprint density at radius 1 is 1.00 bits per heavy atom.